The first-order valence-corrected chi connectivity index (χ1v) is 6.12. The number of rotatable bonds is 6. The van der Waals surface area contributed by atoms with E-state index in [0.717, 1.165) is 0 Å². The van der Waals surface area contributed by atoms with Gasteiger partial charge in [0.05, 0.1) is 0 Å². The monoisotopic (exact) mass is 272 g/mol. The molecule has 0 radical (unpaired) electrons. The first kappa shape index (κ1) is 17.4. The molecule has 0 aromatic rings. The van der Waals surface area contributed by atoms with E-state index in [2.05, 4.69) is 23.8 Å². The summed E-state index contributed by atoms with van der Waals surface area (Å²) >= 11 is 0. The standard InChI is InChI=1S/C16H20N2O2/c1-5-9-11-13(7-3)17-15(19)16(20)18-14(8-4)12-10-6-2/h5-12H,1-2H2,3-4H3,(H,17,19)(H,18,20)/b11-9-,12-10-,13-7+,14-8+. The molecule has 0 aliphatic carbocycles. The van der Waals surface area contributed by atoms with Gasteiger partial charge in [0.2, 0.25) is 0 Å². The Morgan fingerprint density at radius 2 is 1.15 bits per heavy atom. The molecule has 0 fully saturated rings. The molecule has 4 heteroatoms. The number of amides is 2. The van der Waals surface area contributed by atoms with E-state index in [1.807, 2.05) is 0 Å². The fourth-order valence-electron chi connectivity index (χ4n) is 1.14. The van der Waals surface area contributed by atoms with Gasteiger partial charge in [0.25, 0.3) is 0 Å². The van der Waals surface area contributed by atoms with E-state index in [4.69, 9.17) is 0 Å². The second-order valence-corrected chi connectivity index (χ2v) is 3.59. The molecule has 0 bridgehead atoms. The zero-order valence-electron chi connectivity index (χ0n) is 11.8. The first-order chi connectivity index (χ1) is 9.58. The highest BCUT2D eigenvalue weighted by Gasteiger charge is 2.13. The molecule has 0 saturated carbocycles. The highest BCUT2D eigenvalue weighted by molar-refractivity contribution is 6.36. The Morgan fingerprint density at radius 1 is 0.800 bits per heavy atom. The molecule has 0 aliphatic heterocycles. The molecule has 106 valence electrons. The number of hydrogen-bond acceptors (Lipinski definition) is 2. The molecule has 2 amide bonds. The molecule has 20 heavy (non-hydrogen) atoms. The molecule has 0 atom stereocenters. The highest BCUT2D eigenvalue weighted by Crippen LogP contribution is 1.95. The molecule has 0 aliphatic rings. The molecule has 4 nitrogen and oxygen atoms in total. The van der Waals surface area contributed by atoms with Crippen LogP contribution >= 0.6 is 0 Å². The topological polar surface area (TPSA) is 58.2 Å². The molecule has 0 aromatic heterocycles. The Hall–Kier alpha value is -2.62. The van der Waals surface area contributed by atoms with Gasteiger partial charge in [-0.15, -0.1) is 0 Å². The number of carbonyl (C=O) groups excluding carboxylic acids is 2. The van der Waals surface area contributed by atoms with Gasteiger partial charge in [-0.3, -0.25) is 9.59 Å². The largest absolute Gasteiger partial charge is 0.318 e. The summed E-state index contributed by atoms with van der Waals surface area (Å²) in [5, 5.41) is 4.98. The summed E-state index contributed by atoms with van der Waals surface area (Å²) in [5.74, 6) is -1.48. The van der Waals surface area contributed by atoms with Gasteiger partial charge in [-0.2, -0.15) is 0 Å². The minimum Gasteiger partial charge on any atom is -0.318 e. The summed E-state index contributed by atoms with van der Waals surface area (Å²) in [6.07, 6.45) is 13.1. The molecule has 0 unspecified atom stereocenters. The maximum Gasteiger partial charge on any atom is 0.314 e. The molecule has 0 heterocycles. The lowest BCUT2D eigenvalue weighted by atomic mass is 10.3. The number of nitrogens with one attached hydrogen (secondary N) is 2. The van der Waals surface area contributed by atoms with Crippen LogP contribution in [0, 0.1) is 0 Å². The molecule has 0 rings (SSSR count). The average Bonchev–Trinajstić information content (AvgIpc) is 2.47. The van der Waals surface area contributed by atoms with E-state index in [1.165, 1.54) is 0 Å². The van der Waals surface area contributed by atoms with Crippen LogP contribution in [-0.4, -0.2) is 11.8 Å². The van der Waals surface area contributed by atoms with Gasteiger partial charge in [-0.1, -0.05) is 49.6 Å². The fourth-order valence-corrected chi connectivity index (χ4v) is 1.14. The van der Waals surface area contributed by atoms with Crippen molar-refractivity contribution in [1.82, 2.24) is 10.6 Å². The quantitative estimate of drug-likeness (QED) is 0.576. The zero-order chi connectivity index (χ0) is 15.4. The van der Waals surface area contributed by atoms with Crippen molar-refractivity contribution in [3.05, 3.63) is 73.2 Å². The van der Waals surface area contributed by atoms with Gasteiger partial charge in [0.15, 0.2) is 0 Å². The average molecular weight is 272 g/mol. The summed E-state index contributed by atoms with van der Waals surface area (Å²) in [6, 6.07) is 0. The smallest absolute Gasteiger partial charge is 0.314 e. The van der Waals surface area contributed by atoms with Crippen molar-refractivity contribution in [3.63, 3.8) is 0 Å². The number of allylic oxidation sites excluding steroid dienone is 8. The van der Waals surface area contributed by atoms with Crippen LogP contribution in [0.3, 0.4) is 0 Å². The van der Waals surface area contributed by atoms with E-state index in [9.17, 15) is 9.59 Å². The lowest BCUT2D eigenvalue weighted by molar-refractivity contribution is -0.138. The fraction of sp³-hybridized carbons (Fsp3) is 0.125. The Kier molecular flexibility index (Phi) is 8.96. The molecule has 0 spiro atoms. The number of hydrogen-bond donors (Lipinski definition) is 2. The minimum atomic E-state index is -0.738. The molecule has 0 saturated heterocycles. The predicted molar refractivity (Wildman–Crippen MR) is 82.5 cm³/mol. The third-order valence-electron chi connectivity index (χ3n) is 2.17. The van der Waals surface area contributed by atoms with Crippen molar-refractivity contribution in [2.75, 3.05) is 0 Å². The summed E-state index contributed by atoms with van der Waals surface area (Å²) in [7, 11) is 0. The van der Waals surface area contributed by atoms with Crippen LogP contribution in [0.1, 0.15) is 13.8 Å². The van der Waals surface area contributed by atoms with Crippen LogP contribution in [-0.2, 0) is 9.59 Å². The SMILES string of the molecule is C=C/C=C\C(=C/C)NC(=O)C(=O)NC(/C=C\C=C)=C/C. The Labute approximate surface area is 119 Å². The van der Waals surface area contributed by atoms with Crippen LogP contribution in [0.2, 0.25) is 0 Å². The van der Waals surface area contributed by atoms with Crippen molar-refractivity contribution in [2.45, 2.75) is 13.8 Å². The summed E-state index contributed by atoms with van der Waals surface area (Å²) in [6.45, 7) is 10.6. The number of carbonyl (C=O) groups is 2. The lowest BCUT2D eigenvalue weighted by Crippen LogP contribution is -2.38. The van der Waals surface area contributed by atoms with Crippen LogP contribution in [0.5, 0.6) is 0 Å². The van der Waals surface area contributed by atoms with Crippen LogP contribution < -0.4 is 10.6 Å². The molecular formula is C16H20N2O2. The van der Waals surface area contributed by atoms with Crippen molar-refractivity contribution in [2.24, 2.45) is 0 Å². The maximum absolute atomic E-state index is 11.7. The van der Waals surface area contributed by atoms with Crippen molar-refractivity contribution >= 4 is 11.8 Å². The molecule has 2 N–H and O–H groups in total. The van der Waals surface area contributed by atoms with E-state index in [1.54, 1.807) is 62.5 Å². The minimum absolute atomic E-state index is 0.522. The highest BCUT2D eigenvalue weighted by atomic mass is 16.2. The van der Waals surface area contributed by atoms with Gasteiger partial charge in [0, 0.05) is 11.4 Å². The van der Waals surface area contributed by atoms with Crippen LogP contribution in [0.25, 0.3) is 0 Å². The molecular weight excluding hydrogens is 252 g/mol. The van der Waals surface area contributed by atoms with Gasteiger partial charge in [-0.05, 0) is 26.0 Å². The van der Waals surface area contributed by atoms with E-state index >= 15 is 0 Å². The maximum atomic E-state index is 11.7. The Bertz CT molecular complexity index is 449. The summed E-state index contributed by atoms with van der Waals surface area (Å²) < 4.78 is 0. The Balaban J connectivity index is 4.67. The second-order valence-electron chi connectivity index (χ2n) is 3.59. The molecule has 0 aromatic carbocycles. The summed E-state index contributed by atoms with van der Waals surface area (Å²) in [5.41, 5.74) is 1.04. The van der Waals surface area contributed by atoms with Crippen molar-refractivity contribution < 1.29 is 9.59 Å². The van der Waals surface area contributed by atoms with Crippen LogP contribution in [0.15, 0.2) is 73.2 Å². The third-order valence-corrected chi connectivity index (χ3v) is 2.17. The van der Waals surface area contributed by atoms with E-state index in [-0.39, 0.29) is 0 Å². The van der Waals surface area contributed by atoms with Gasteiger partial charge >= 0.3 is 11.8 Å². The second kappa shape index (κ2) is 10.3. The van der Waals surface area contributed by atoms with Crippen molar-refractivity contribution in [1.29, 1.82) is 0 Å². The van der Waals surface area contributed by atoms with Gasteiger partial charge in [0.1, 0.15) is 0 Å². The van der Waals surface area contributed by atoms with Gasteiger partial charge < -0.3 is 10.6 Å². The lowest BCUT2D eigenvalue weighted by Gasteiger charge is -2.07. The van der Waals surface area contributed by atoms with E-state index in [0.29, 0.717) is 11.4 Å². The van der Waals surface area contributed by atoms with Crippen molar-refractivity contribution in [3.8, 4) is 0 Å². The van der Waals surface area contributed by atoms with Gasteiger partial charge in [-0.25, -0.2) is 0 Å². The first-order valence-electron chi connectivity index (χ1n) is 6.12. The normalized spacial score (nSPS) is 12.5. The summed E-state index contributed by atoms with van der Waals surface area (Å²) in [4.78, 5) is 23.4. The zero-order valence-corrected chi connectivity index (χ0v) is 11.8. The Morgan fingerprint density at radius 3 is 1.40 bits per heavy atom. The third kappa shape index (κ3) is 6.96. The predicted octanol–water partition coefficient (Wildman–Crippen LogP) is 2.51. The van der Waals surface area contributed by atoms with E-state index < -0.39 is 11.8 Å². The van der Waals surface area contributed by atoms with Crippen LogP contribution in [0.4, 0.5) is 0 Å².